The molecule has 1 unspecified atom stereocenters. The lowest BCUT2D eigenvalue weighted by atomic mass is 10.0. The molecule has 5 nitrogen and oxygen atoms in total. The van der Waals surface area contributed by atoms with Gasteiger partial charge in [-0.25, -0.2) is 4.98 Å². The molecule has 1 atom stereocenters. The van der Waals surface area contributed by atoms with E-state index in [9.17, 15) is 4.79 Å². The molecule has 0 spiro atoms. The molecule has 0 bridgehead atoms. The van der Waals surface area contributed by atoms with Crippen molar-refractivity contribution in [3.8, 4) is 0 Å². The number of carbonyl (C=O) groups is 1. The van der Waals surface area contributed by atoms with Crippen LogP contribution in [0.1, 0.15) is 54.9 Å². The minimum Gasteiger partial charge on any atom is -0.355 e. The van der Waals surface area contributed by atoms with E-state index < -0.39 is 0 Å². The number of amides is 1. The summed E-state index contributed by atoms with van der Waals surface area (Å²) in [6, 6.07) is 8.60. The molecule has 5 heteroatoms. The molecular formula is C16H20N4O. The highest BCUT2D eigenvalue weighted by Gasteiger charge is 2.26. The molecule has 1 fully saturated rings. The number of hydrogen-bond donors (Lipinski definition) is 2. The third-order valence-electron chi connectivity index (χ3n) is 3.91. The number of hydrogen-bond acceptors (Lipinski definition) is 3. The van der Waals surface area contributed by atoms with Crippen molar-refractivity contribution in [3.63, 3.8) is 0 Å². The van der Waals surface area contributed by atoms with Gasteiger partial charge in [-0.05, 0) is 17.0 Å². The second-order valence-electron chi connectivity index (χ2n) is 5.92. The van der Waals surface area contributed by atoms with Crippen molar-refractivity contribution in [2.24, 2.45) is 0 Å². The summed E-state index contributed by atoms with van der Waals surface area (Å²) >= 11 is 0. The van der Waals surface area contributed by atoms with Gasteiger partial charge in [-0.1, -0.05) is 38.1 Å². The molecule has 1 aromatic heterocycles. The maximum absolute atomic E-state index is 11.2. The van der Waals surface area contributed by atoms with Crippen LogP contribution in [-0.2, 0) is 11.2 Å². The van der Waals surface area contributed by atoms with E-state index in [2.05, 4.69) is 58.6 Å². The van der Waals surface area contributed by atoms with Crippen LogP contribution < -0.4 is 5.32 Å². The summed E-state index contributed by atoms with van der Waals surface area (Å²) in [4.78, 5) is 15.8. The van der Waals surface area contributed by atoms with Crippen LogP contribution in [0.2, 0.25) is 0 Å². The highest BCUT2D eigenvalue weighted by Crippen LogP contribution is 2.20. The van der Waals surface area contributed by atoms with Crippen molar-refractivity contribution in [2.75, 3.05) is 6.54 Å². The Kier molecular flexibility index (Phi) is 3.73. The van der Waals surface area contributed by atoms with Crippen LogP contribution >= 0.6 is 0 Å². The Bertz CT molecular complexity index is 630. The predicted molar refractivity (Wildman–Crippen MR) is 80.1 cm³/mol. The Hall–Kier alpha value is -2.17. The highest BCUT2D eigenvalue weighted by molar-refractivity contribution is 5.79. The van der Waals surface area contributed by atoms with Gasteiger partial charge in [0, 0.05) is 25.3 Å². The summed E-state index contributed by atoms with van der Waals surface area (Å²) in [7, 11) is 0. The Morgan fingerprint density at radius 3 is 2.67 bits per heavy atom. The summed E-state index contributed by atoms with van der Waals surface area (Å²) in [6.45, 7) is 5.02. The predicted octanol–water partition coefficient (Wildman–Crippen LogP) is 2.12. The fourth-order valence-corrected chi connectivity index (χ4v) is 2.57. The zero-order chi connectivity index (χ0) is 14.8. The zero-order valence-corrected chi connectivity index (χ0v) is 12.4. The van der Waals surface area contributed by atoms with Gasteiger partial charge in [-0.15, -0.1) is 0 Å². The van der Waals surface area contributed by atoms with Crippen LogP contribution in [0.25, 0.3) is 0 Å². The van der Waals surface area contributed by atoms with Crippen molar-refractivity contribution in [2.45, 2.75) is 38.5 Å². The number of nitrogens with zero attached hydrogens (tertiary/aromatic N) is 2. The Labute approximate surface area is 124 Å². The molecule has 0 aliphatic carbocycles. The smallest absolute Gasteiger partial charge is 0.220 e. The maximum atomic E-state index is 11.2. The average Bonchev–Trinajstić information content (AvgIpc) is 3.08. The molecule has 2 aromatic rings. The molecule has 1 amide bonds. The van der Waals surface area contributed by atoms with E-state index in [0.717, 1.165) is 18.1 Å². The van der Waals surface area contributed by atoms with Gasteiger partial charge in [-0.3, -0.25) is 9.89 Å². The number of H-pyrrole nitrogens is 1. The zero-order valence-electron chi connectivity index (χ0n) is 12.4. The van der Waals surface area contributed by atoms with E-state index in [1.165, 1.54) is 11.1 Å². The van der Waals surface area contributed by atoms with Crippen molar-refractivity contribution in [1.29, 1.82) is 0 Å². The second kappa shape index (κ2) is 5.68. The van der Waals surface area contributed by atoms with Crippen molar-refractivity contribution >= 4 is 5.91 Å². The molecule has 1 aromatic carbocycles. The number of carbonyl (C=O) groups excluding carboxylic acids is 1. The Morgan fingerprint density at radius 2 is 2.05 bits per heavy atom. The highest BCUT2D eigenvalue weighted by atomic mass is 16.1. The van der Waals surface area contributed by atoms with Crippen LogP contribution in [0.15, 0.2) is 24.3 Å². The molecule has 0 radical (unpaired) electrons. The largest absolute Gasteiger partial charge is 0.355 e. The molecule has 110 valence electrons. The number of benzene rings is 1. The van der Waals surface area contributed by atoms with E-state index in [1.807, 2.05) is 0 Å². The Balaban J connectivity index is 1.68. The first-order valence-electron chi connectivity index (χ1n) is 7.38. The van der Waals surface area contributed by atoms with Gasteiger partial charge < -0.3 is 5.32 Å². The van der Waals surface area contributed by atoms with Crippen molar-refractivity contribution < 1.29 is 4.79 Å². The first-order valence-corrected chi connectivity index (χ1v) is 7.38. The molecule has 2 heterocycles. The average molecular weight is 284 g/mol. The number of rotatable bonds is 4. The minimum absolute atomic E-state index is 0.0793. The molecular weight excluding hydrogens is 264 g/mol. The summed E-state index contributed by atoms with van der Waals surface area (Å²) in [5.41, 5.74) is 2.55. The minimum atomic E-state index is 0.0793. The summed E-state index contributed by atoms with van der Waals surface area (Å²) in [5.74, 6) is 2.31. The lowest BCUT2D eigenvalue weighted by Crippen LogP contribution is -2.13. The van der Waals surface area contributed by atoms with E-state index in [0.29, 0.717) is 18.9 Å². The Morgan fingerprint density at radius 1 is 1.29 bits per heavy atom. The van der Waals surface area contributed by atoms with Crippen LogP contribution in [0.4, 0.5) is 0 Å². The van der Waals surface area contributed by atoms with Crippen LogP contribution in [0.5, 0.6) is 0 Å². The molecule has 1 aliphatic rings. The summed E-state index contributed by atoms with van der Waals surface area (Å²) in [5, 5.41) is 10.0. The van der Waals surface area contributed by atoms with Gasteiger partial charge in [0.15, 0.2) is 5.82 Å². The van der Waals surface area contributed by atoms with Crippen molar-refractivity contribution in [3.05, 3.63) is 47.0 Å². The quantitative estimate of drug-likeness (QED) is 0.903. The molecule has 3 rings (SSSR count). The summed E-state index contributed by atoms with van der Waals surface area (Å²) < 4.78 is 0. The lowest BCUT2D eigenvalue weighted by Gasteiger charge is -2.05. The number of nitrogens with one attached hydrogen (secondary N) is 2. The van der Waals surface area contributed by atoms with Crippen LogP contribution in [0.3, 0.4) is 0 Å². The van der Waals surface area contributed by atoms with Gasteiger partial charge in [0.25, 0.3) is 0 Å². The molecule has 1 saturated heterocycles. The first-order chi connectivity index (χ1) is 10.1. The van der Waals surface area contributed by atoms with Gasteiger partial charge in [0.2, 0.25) is 5.91 Å². The SMILES string of the molecule is CC(C)c1ccc(Cc2nc(C3CNC(=O)C3)n[nH]2)cc1. The number of aromatic amines is 1. The molecule has 21 heavy (non-hydrogen) atoms. The first kappa shape index (κ1) is 13.8. The maximum Gasteiger partial charge on any atom is 0.220 e. The molecule has 1 aliphatic heterocycles. The molecule has 0 saturated carbocycles. The van der Waals surface area contributed by atoms with Crippen LogP contribution in [-0.4, -0.2) is 27.6 Å². The van der Waals surface area contributed by atoms with Crippen molar-refractivity contribution in [1.82, 2.24) is 20.5 Å². The van der Waals surface area contributed by atoms with E-state index >= 15 is 0 Å². The fraction of sp³-hybridized carbons (Fsp3) is 0.438. The lowest BCUT2D eigenvalue weighted by molar-refractivity contribution is -0.119. The fourth-order valence-electron chi connectivity index (χ4n) is 2.57. The topological polar surface area (TPSA) is 70.7 Å². The van der Waals surface area contributed by atoms with E-state index in [4.69, 9.17) is 0 Å². The monoisotopic (exact) mass is 284 g/mol. The second-order valence-corrected chi connectivity index (χ2v) is 5.92. The van der Waals surface area contributed by atoms with Crippen LogP contribution in [0, 0.1) is 0 Å². The third-order valence-corrected chi connectivity index (χ3v) is 3.91. The normalized spacial score (nSPS) is 18.2. The molecule has 2 N–H and O–H groups in total. The number of aromatic nitrogens is 3. The van der Waals surface area contributed by atoms with Gasteiger partial charge >= 0.3 is 0 Å². The summed E-state index contributed by atoms with van der Waals surface area (Å²) in [6.07, 6.45) is 1.22. The van der Waals surface area contributed by atoms with E-state index in [-0.39, 0.29) is 11.8 Å². The van der Waals surface area contributed by atoms with Gasteiger partial charge in [0.05, 0.1) is 0 Å². The van der Waals surface area contributed by atoms with Gasteiger partial charge in [-0.2, -0.15) is 5.10 Å². The van der Waals surface area contributed by atoms with Gasteiger partial charge in [0.1, 0.15) is 5.82 Å². The standard InChI is InChI=1S/C16H20N4O/c1-10(2)12-5-3-11(4-6-12)7-14-18-16(20-19-14)13-8-15(21)17-9-13/h3-6,10,13H,7-9H2,1-2H3,(H,17,21)(H,18,19,20). The van der Waals surface area contributed by atoms with E-state index in [1.54, 1.807) is 0 Å². The third kappa shape index (κ3) is 3.12.